The van der Waals surface area contributed by atoms with Gasteiger partial charge in [0.05, 0.1) is 6.26 Å². The van der Waals surface area contributed by atoms with E-state index in [1.54, 1.807) is 12.1 Å². The molecule has 0 amide bonds. The number of aromatic carboxylic acids is 1. The van der Waals surface area contributed by atoms with Crippen LogP contribution in [-0.2, 0) is 0 Å². The molecule has 0 atom stereocenters. The van der Waals surface area contributed by atoms with Gasteiger partial charge in [0.15, 0.2) is 0 Å². The van der Waals surface area contributed by atoms with Crippen molar-refractivity contribution in [2.24, 2.45) is 0 Å². The fourth-order valence-corrected chi connectivity index (χ4v) is 0.867. The molecular formula is C7H5N3O3. The summed E-state index contributed by atoms with van der Waals surface area (Å²) in [6, 6.07) is 3.33. The van der Waals surface area contributed by atoms with E-state index in [2.05, 4.69) is 10.1 Å². The fraction of sp³-hybridized carbons (Fsp3) is 0. The normalized spacial score (nSPS) is 10.2. The summed E-state index contributed by atoms with van der Waals surface area (Å²) in [5.41, 5.74) is 0. The number of carboxylic acids is 1. The third-order valence-corrected chi connectivity index (χ3v) is 1.42. The van der Waals surface area contributed by atoms with Crippen molar-refractivity contribution >= 4 is 5.97 Å². The Labute approximate surface area is 72.4 Å². The van der Waals surface area contributed by atoms with Crippen LogP contribution < -0.4 is 0 Å². The Bertz CT molecular complexity index is 418. The Morgan fingerprint density at radius 3 is 3.00 bits per heavy atom. The minimum Gasteiger partial charge on any atom is -0.475 e. The highest BCUT2D eigenvalue weighted by molar-refractivity contribution is 5.82. The van der Waals surface area contributed by atoms with E-state index in [9.17, 15) is 4.79 Å². The molecule has 1 N–H and O–H groups in total. The summed E-state index contributed by atoms with van der Waals surface area (Å²) in [6.45, 7) is 0. The molecule has 66 valence electrons. The smallest absolute Gasteiger partial charge is 0.375 e. The van der Waals surface area contributed by atoms with Gasteiger partial charge in [0.25, 0.3) is 5.82 Å². The standard InChI is InChI=1S/C7H5N3O3/c11-7(12)6-8-4-10(9-6)5-2-1-3-13-5/h1-4H,(H,11,12). The SMILES string of the molecule is O=C(O)c1ncn(-c2ccco2)n1. The molecule has 2 rings (SSSR count). The summed E-state index contributed by atoms with van der Waals surface area (Å²) in [4.78, 5) is 14.0. The molecular weight excluding hydrogens is 174 g/mol. The average Bonchev–Trinajstić information content (AvgIpc) is 2.75. The first kappa shape index (κ1) is 7.53. The number of hydrogen-bond donors (Lipinski definition) is 1. The van der Waals surface area contributed by atoms with Crippen LogP contribution in [0.2, 0.25) is 0 Å². The van der Waals surface area contributed by atoms with E-state index in [4.69, 9.17) is 9.52 Å². The molecule has 0 bridgehead atoms. The monoisotopic (exact) mass is 179 g/mol. The lowest BCUT2D eigenvalue weighted by Gasteiger charge is -1.90. The Balaban J connectivity index is 2.39. The molecule has 0 saturated carbocycles. The maximum Gasteiger partial charge on any atom is 0.375 e. The van der Waals surface area contributed by atoms with Gasteiger partial charge in [0.2, 0.25) is 5.88 Å². The first-order valence-corrected chi connectivity index (χ1v) is 3.46. The third-order valence-electron chi connectivity index (χ3n) is 1.42. The number of furan rings is 1. The Kier molecular flexibility index (Phi) is 1.59. The zero-order valence-corrected chi connectivity index (χ0v) is 6.41. The van der Waals surface area contributed by atoms with Gasteiger partial charge in [-0.15, -0.1) is 5.10 Å². The summed E-state index contributed by atoms with van der Waals surface area (Å²) in [5.74, 6) is -0.985. The molecule has 0 aromatic carbocycles. The molecule has 6 heteroatoms. The Morgan fingerprint density at radius 1 is 1.62 bits per heavy atom. The van der Waals surface area contributed by atoms with Crippen LogP contribution in [0.4, 0.5) is 0 Å². The second-order valence-corrected chi connectivity index (χ2v) is 2.27. The van der Waals surface area contributed by atoms with Crippen molar-refractivity contribution in [2.45, 2.75) is 0 Å². The number of carbonyl (C=O) groups is 1. The van der Waals surface area contributed by atoms with Gasteiger partial charge in [0, 0.05) is 6.07 Å². The molecule has 0 aliphatic carbocycles. The van der Waals surface area contributed by atoms with E-state index in [0.29, 0.717) is 5.88 Å². The summed E-state index contributed by atoms with van der Waals surface area (Å²) in [5, 5.41) is 12.2. The van der Waals surface area contributed by atoms with Gasteiger partial charge < -0.3 is 9.52 Å². The molecule has 2 aromatic heterocycles. The number of carboxylic acid groups (broad SMARTS) is 1. The molecule has 0 fully saturated rings. The summed E-state index contributed by atoms with van der Waals surface area (Å²) < 4.78 is 6.23. The van der Waals surface area contributed by atoms with Crippen LogP contribution in [0.5, 0.6) is 0 Å². The zero-order chi connectivity index (χ0) is 9.26. The van der Waals surface area contributed by atoms with Crippen molar-refractivity contribution in [2.75, 3.05) is 0 Å². The van der Waals surface area contributed by atoms with Crippen LogP contribution in [0.3, 0.4) is 0 Å². The number of rotatable bonds is 2. The molecule has 13 heavy (non-hydrogen) atoms. The first-order valence-electron chi connectivity index (χ1n) is 3.46. The van der Waals surface area contributed by atoms with Crippen molar-refractivity contribution in [3.8, 4) is 5.88 Å². The van der Waals surface area contributed by atoms with Crippen LogP contribution in [0.1, 0.15) is 10.6 Å². The highest BCUT2D eigenvalue weighted by Gasteiger charge is 2.10. The Hall–Kier alpha value is -2.11. The van der Waals surface area contributed by atoms with Crippen molar-refractivity contribution in [1.29, 1.82) is 0 Å². The van der Waals surface area contributed by atoms with Gasteiger partial charge in [-0.25, -0.2) is 9.78 Å². The topological polar surface area (TPSA) is 81.1 Å². The quantitative estimate of drug-likeness (QED) is 0.728. The summed E-state index contributed by atoms with van der Waals surface area (Å²) in [6.07, 6.45) is 2.75. The van der Waals surface area contributed by atoms with Gasteiger partial charge in [-0.05, 0) is 6.07 Å². The molecule has 2 aromatic rings. The second-order valence-electron chi connectivity index (χ2n) is 2.27. The van der Waals surface area contributed by atoms with Crippen LogP contribution in [0, 0.1) is 0 Å². The maximum absolute atomic E-state index is 10.4. The lowest BCUT2D eigenvalue weighted by atomic mass is 10.6. The maximum atomic E-state index is 10.4. The fourth-order valence-electron chi connectivity index (χ4n) is 0.867. The molecule has 0 unspecified atom stereocenters. The van der Waals surface area contributed by atoms with Gasteiger partial charge in [-0.2, -0.15) is 4.68 Å². The number of hydrogen-bond acceptors (Lipinski definition) is 4. The van der Waals surface area contributed by atoms with Crippen LogP contribution >= 0.6 is 0 Å². The lowest BCUT2D eigenvalue weighted by Crippen LogP contribution is -2.01. The summed E-state index contributed by atoms with van der Waals surface area (Å²) >= 11 is 0. The largest absolute Gasteiger partial charge is 0.475 e. The molecule has 0 aliphatic rings. The van der Waals surface area contributed by atoms with E-state index in [1.165, 1.54) is 17.3 Å². The molecule has 0 radical (unpaired) electrons. The van der Waals surface area contributed by atoms with Crippen molar-refractivity contribution < 1.29 is 14.3 Å². The van der Waals surface area contributed by atoms with Gasteiger partial charge in [-0.3, -0.25) is 0 Å². The van der Waals surface area contributed by atoms with Crippen molar-refractivity contribution in [3.05, 3.63) is 30.5 Å². The van der Waals surface area contributed by atoms with Crippen molar-refractivity contribution in [3.63, 3.8) is 0 Å². The average molecular weight is 179 g/mol. The van der Waals surface area contributed by atoms with Gasteiger partial charge in [-0.1, -0.05) is 0 Å². The number of aromatic nitrogens is 3. The molecule has 0 saturated heterocycles. The molecule has 0 aliphatic heterocycles. The van der Waals surface area contributed by atoms with E-state index in [1.807, 2.05) is 0 Å². The van der Waals surface area contributed by atoms with Crippen LogP contribution in [0.25, 0.3) is 5.88 Å². The minimum absolute atomic E-state index is 0.253. The van der Waals surface area contributed by atoms with Crippen LogP contribution in [0.15, 0.2) is 29.1 Å². The molecule has 2 heterocycles. The first-order chi connectivity index (χ1) is 6.27. The van der Waals surface area contributed by atoms with Crippen molar-refractivity contribution in [1.82, 2.24) is 14.8 Å². The molecule has 0 spiro atoms. The molecule has 6 nitrogen and oxygen atoms in total. The lowest BCUT2D eigenvalue weighted by molar-refractivity contribution is 0.0683. The van der Waals surface area contributed by atoms with E-state index in [-0.39, 0.29) is 5.82 Å². The predicted molar refractivity (Wildman–Crippen MR) is 40.6 cm³/mol. The summed E-state index contributed by atoms with van der Waals surface area (Å²) in [7, 11) is 0. The second kappa shape index (κ2) is 2.74. The number of nitrogens with zero attached hydrogens (tertiary/aromatic N) is 3. The van der Waals surface area contributed by atoms with Gasteiger partial charge in [0.1, 0.15) is 6.33 Å². The highest BCUT2D eigenvalue weighted by Crippen LogP contribution is 2.05. The van der Waals surface area contributed by atoms with E-state index < -0.39 is 5.97 Å². The Morgan fingerprint density at radius 2 is 2.46 bits per heavy atom. The van der Waals surface area contributed by atoms with Gasteiger partial charge >= 0.3 is 5.97 Å². The van der Waals surface area contributed by atoms with E-state index >= 15 is 0 Å². The zero-order valence-electron chi connectivity index (χ0n) is 6.41. The van der Waals surface area contributed by atoms with Crippen LogP contribution in [-0.4, -0.2) is 25.8 Å². The minimum atomic E-state index is -1.16. The highest BCUT2D eigenvalue weighted by atomic mass is 16.4. The third kappa shape index (κ3) is 1.28. The predicted octanol–water partition coefficient (Wildman–Crippen LogP) is 0.558. The van der Waals surface area contributed by atoms with E-state index in [0.717, 1.165) is 0 Å².